The standard InChI is InChI=1S/C10H9Br2NOS/c11-7-4-9(15-10(7)12)8(13)3-6-1-2-14-5-6/h1-2,4-5,8H,3,13H2. The van der Waals surface area contributed by atoms with E-state index in [1.165, 1.54) is 0 Å². The van der Waals surface area contributed by atoms with Crippen LogP contribution in [0.3, 0.4) is 0 Å². The Bertz CT molecular complexity index is 419. The van der Waals surface area contributed by atoms with E-state index in [1.807, 2.05) is 6.07 Å². The molecule has 5 heteroatoms. The highest BCUT2D eigenvalue weighted by Crippen LogP contribution is 2.35. The Kier molecular flexibility index (Phi) is 3.66. The van der Waals surface area contributed by atoms with Crippen LogP contribution in [0.2, 0.25) is 0 Å². The third kappa shape index (κ3) is 2.72. The van der Waals surface area contributed by atoms with Crippen LogP contribution in [0.25, 0.3) is 0 Å². The van der Waals surface area contributed by atoms with Gasteiger partial charge in [-0.15, -0.1) is 11.3 Å². The molecule has 0 radical (unpaired) electrons. The molecule has 1 atom stereocenters. The van der Waals surface area contributed by atoms with Crippen molar-refractivity contribution in [1.29, 1.82) is 0 Å². The van der Waals surface area contributed by atoms with E-state index in [0.29, 0.717) is 0 Å². The van der Waals surface area contributed by atoms with Gasteiger partial charge in [0.25, 0.3) is 0 Å². The van der Waals surface area contributed by atoms with Gasteiger partial charge in [-0.2, -0.15) is 0 Å². The largest absolute Gasteiger partial charge is 0.472 e. The summed E-state index contributed by atoms with van der Waals surface area (Å²) in [5.41, 5.74) is 7.22. The van der Waals surface area contributed by atoms with Gasteiger partial charge < -0.3 is 10.2 Å². The predicted molar refractivity (Wildman–Crippen MR) is 69.1 cm³/mol. The Hall–Kier alpha value is -0.1000. The fourth-order valence-electron chi connectivity index (χ4n) is 1.31. The first kappa shape index (κ1) is 11.4. The van der Waals surface area contributed by atoms with Gasteiger partial charge >= 0.3 is 0 Å². The van der Waals surface area contributed by atoms with Crippen molar-refractivity contribution in [3.05, 3.63) is 43.4 Å². The van der Waals surface area contributed by atoms with Crippen molar-refractivity contribution in [2.45, 2.75) is 12.5 Å². The molecule has 0 fully saturated rings. The molecule has 0 spiro atoms. The van der Waals surface area contributed by atoms with Gasteiger partial charge in [0, 0.05) is 15.4 Å². The fraction of sp³-hybridized carbons (Fsp3) is 0.200. The molecule has 2 heterocycles. The summed E-state index contributed by atoms with van der Waals surface area (Å²) in [7, 11) is 0. The van der Waals surface area contributed by atoms with Crippen molar-refractivity contribution in [1.82, 2.24) is 0 Å². The SMILES string of the molecule is NC(Cc1ccoc1)c1cc(Br)c(Br)s1. The third-order valence-corrected chi connectivity index (χ3v) is 5.45. The second-order valence-electron chi connectivity index (χ2n) is 3.21. The summed E-state index contributed by atoms with van der Waals surface area (Å²) in [6.45, 7) is 0. The molecule has 0 aliphatic carbocycles. The topological polar surface area (TPSA) is 39.2 Å². The van der Waals surface area contributed by atoms with Crippen LogP contribution < -0.4 is 5.73 Å². The lowest BCUT2D eigenvalue weighted by Crippen LogP contribution is -2.11. The molecule has 0 saturated carbocycles. The number of hydrogen-bond donors (Lipinski definition) is 1. The summed E-state index contributed by atoms with van der Waals surface area (Å²) in [4.78, 5) is 1.16. The molecule has 80 valence electrons. The number of rotatable bonds is 3. The Morgan fingerprint density at radius 3 is 2.80 bits per heavy atom. The predicted octanol–water partition coefficient (Wildman–Crippen LogP) is 4.11. The maximum Gasteiger partial charge on any atom is 0.0935 e. The second-order valence-corrected chi connectivity index (χ2v) is 6.47. The van der Waals surface area contributed by atoms with E-state index in [4.69, 9.17) is 10.2 Å². The number of nitrogens with two attached hydrogens (primary N) is 1. The normalized spacial score (nSPS) is 13.0. The Morgan fingerprint density at radius 1 is 1.47 bits per heavy atom. The lowest BCUT2D eigenvalue weighted by molar-refractivity contribution is 0.561. The Morgan fingerprint density at radius 2 is 2.27 bits per heavy atom. The minimum Gasteiger partial charge on any atom is -0.472 e. The van der Waals surface area contributed by atoms with Crippen LogP contribution >= 0.6 is 43.2 Å². The molecular weight excluding hydrogens is 342 g/mol. The van der Waals surface area contributed by atoms with E-state index in [1.54, 1.807) is 23.9 Å². The van der Waals surface area contributed by atoms with Gasteiger partial charge in [0.1, 0.15) is 0 Å². The van der Waals surface area contributed by atoms with Gasteiger partial charge in [0.15, 0.2) is 0 Å². The van der Waals surface area contributed by atoms with Gasteiger partial charge in [-0.1, -0.05) is 0 Å². The van der Waals surface area contributed by atoms with Gasteiger partial charge in [0.05, 0.1) is 16.3 Å². The van der Waals surface area contributed by atoms with Gasteiger partial charge in [-0.3, -0.25) is 0 Å². The summed E-state index contributed by atoms with van der Waals surface area (Å²) in [5, 5.41) is 0. The summed E-state index contributed by atoms with van der Waals surface area (Å²) in [6, 6.07) is 4.02. The lowest BCUT2D eigenvalue weighted by Gasteiger charge is -2.06. The van der Waals surface area contributed by atoms with Crippen LogP contribution in [-0.2, 0) is 6.42 Å². The molecular formula is C10H9Br2NOS. The molecule has 15 heavy (non-hydrogen) atoms. The quantitative estimate of drug-likeness (QED) is 0.904. The average molecular weight is 351 g/mol. The van der Waals surface area contributed by atoms with Crippen LogP contribution in [-0.4, -0.2) is 0 Å². The number of hydrogen-bond acceptors (Lipinski definition) is 3. The van der Waals surface area contributed by atoms with Crippen molar-refractivity contribution >= 4 is 43.2 Å². The second kappa shape index (κ2) is 4.82. The molecule has 2 N–H and O–H groups in total. The first-order valence-corrected chi connectivity index (χ1v) is 6.78. The van der Waals surface area contributed by atoms with Crippen molar-refractivity contribution < 1.29 is 4.42 Å². The van der Waals surface area contributed by atoms with Gasteiger partial charge in [-0.05, 0) is 56.0 Å². The highest BCUT2D eigenvalue weighted by atomic mass is 79.9. The van der Waals surface area contributed by atoms with Gasteiger partial charge in [-0.25, -0.2) is 0 Å². The van der Waals surface area contributed by atoms with Crippen LogP contribution in [0.15, 0.2) is 37.3 Å². The number of furan rings is 1. The highest BCUT2D eigenvalue weighted by molar-refractivity contribution is 9.13. The van der Waals surface area contributed by atoms with Crippen LogP contribution in [0, 0.1) is 0 Å². The van der Waals surface area contributed by atoms with E-state index in [0.717, 1.165) is 25.1 Å². The third-order valence-electron chi connectivity index (χ3n) is 2.07. The van der Waals surface area contributed by atoms with Gasteiger partial charge in [0.2, 0.25) is 0 Å². The Labute approximate surface area is 109 Å². The monoisotopic (exact) mass is 349 g/mol. The highest BCUT2D eigenvalue weighted by Gasteiger charge is 2.12. The molecule has 0 aromatic carbocycles. The van der Waals surface area contributed by atoms with Crippen molar-refractivity contribution in [3.8, 4) is 0 Å². The maximum atomic E-state index is 6.10. The zero-order valence-corrected chi connectivity index (χ0v) is 11.7. The smallest absolute Gasteiger partial charge is 0.0935 e. The Balaban J connectivity index is 2.11. The summed E-state index contributed by atoms with van der Waals surface area (Å²) >= 11 is 8.57. The number of halogens is 2. The van der Waals surface area contributed by atoms with Crippen LogP contribution in [0.1, 0.15) is 16.5 Å². The van der Waals surface area contributed by atoms with E-state index in [2.05, 4.69) is 37.9 Å². The van der Waals surface area contributed by atoms with E-state index in [-0.39, 0.29) is 6.04 Å². The first-order chi connectivity index (χ1) is 7.16. The number of thiophene rings is 1. The summed E-state index contributed by atoms with van der Waals surface area (Å²) in [6.07, 6.45) is 4.20. The molecule has 0 saturated heterocycles. The summed E-state index contributed by atoms with van der Waals surface area (Å²) < 4.78 is 7.15. The lowest BCUT2D eigenvalue weighted by atomic mass is 10.1. The molecule has 0 bridgehead atoms. The minimum atomic E-state index is 0.0233. The molecule has 2 rings (SSSR count). The first-order valence-electron chi connectivity index (χ1n) is 4.38. The van der Waals surface area contributed by atoms with Crippen LogP contribution in [0.5, 0.6) is 0 Å². The van der Waals surface area contributed by atoms with Crippen molar-refractivity contribution in [3.63, 3.8) is 0 Å². The zero-order chi connectivity index (χ0) is 10.8. The molecule has 2 aromatic heterocycles. The van der Waals surface area contributed by atoms with E-state index in [9.17, 15) is 0 Å². The van der Waals surface area contributed by atoms with Crippen LogP contribution in [0.4, 0.5) is 0 Å². The molecule has 0 aliphatic rings. The molecule has 0 aliphatic heterocycles. The van der Waals surface area contributed by atoms with E-state index < -0.39 is 0 Å². The van der Waals surface area contributed by atoms with E-state index >= 15 is 0 Å². The average Bonchev–Trinajstić information content (AvgIpc) is 2.78. The van der Waals surface area contributed by atoms with Crippen molar-refractivity contribution in [2.75, 3.05) is 0 Å². The minimum absolute atomic E-state index is 0.0233. The molecule has 1 unspecified atom stereocenters. The zero-order valence-electron chi connectivity index (χ0n) is 7.74. The fourth-order valence-corrected chi connectivity index (χ4v) is 3.40. The molecule has 2 aromatic rings. The maximum absolute atomic E-state index is 6.10. The van der Waals surface area contributed by atoms with Crippen molar-refractivity contribution in [2.24, 2.45) is 5.73 Å². The molecule has 2 nitrogen and oxygen atoms in total. The molecule has 0 amide bonds. The summed E-state index contributed by atoms with van der Waals surface area (Å²) in [5.74, 6) is 0.